The first kappa shape index (κ1) is 25.1. The van der Waals surface area contributed by atoms with Gasteiger partial charge in [0.05, 0.1) is 24.7 Å². The molecule has 0 unspecified atom stereocenters. The van der Waals surface area contributed by atoms with Gasteiger partial charge in [-0.1, -0.05) is 6.07 Å². The van der Waals surface area contributed by atoms with Crippen molar-refractivity contribution in [3.63, 3.8) is 0 Å². The number of thioether (sulfide) groups is 1. The molecule has 1 aliphatic heterocycles. The molecule has 1 fully saturated rings. The number of hydrogen-bond acceptors (Lipinski definition) is 8. The molecule has 0 aliphatic carbocycles. The van der Waals surface area contributed by atoms with E-state index in [1.807, 2.05) is 20.8 Å². The molecule has 1 aliphatic rings. The van der Waals surface area contributed by atoms with Gasteiger partial charge in [-0.3, -0.25) is 24.3 Å². The predicted octanol–water partition coefficient (Wildman–Crippen LogP) is 3.74. The summed E-state index contributed by atoms with van der Waals surface area (Å²) >= 11 is 0.864. The Labute approximate surface area is 202 Å². The van der Waals surface area contributed by atoms with Crippen LogP contribution in [0.2, 0.25) is 0 Å². The maximum Gasteiger partial charge on any atom is 0.293 e. The first-order chi connectivity index (χ1) is 16.5. The van der Waals surface area contributed by atoms with Gasteiger partial charge in [-0.25, -0.2) is 0 Å². The molecule has 1 saturated heterocycles. The van der Waals surface area contributed by atoms with Crippen molar-refractivity contribution in [3.8, 4) is 17.2 Å². The lowest BCUT2D eigenvalue weighted by Crippen LogP contribution is -2.37. The Morgan fingerprint density at radius 2 is 1.76 bits per heavy atom. The summed E-state index contributed by atoms with van der Waals surface area (Å²) in [6.45, 7) is 6.86. The number of nitrogens with one attached hydrogen (secondary N) is 1. The summed E-state index contributed by atoms with van der Waals surface area (Å²) in [7, 11) is 0. The average Bonchev–Trinajstić information content (AvgIpc) is 3.09. The SMILES string of the molecule is CCOc1cc(C(=O)NCCN2C(=O)S/C(=C/c3cccnc3)C2=O)cc(OCC)c1OCC. The second-order valence-corrected chi connectivity index (χ2v) is 7.97. The molecule has 180 valence electrons. The molecule has 2 aromatic rings. The Morgan fingerprint density at radius 1 is 1.09 bits per heavy atom. The van der Waals surface area contributed by atoms with Gasteiger partial charge in [0.1, 0.15) is 0 Å². The van der Waals surface area contributed by atoms with E-state index in [0.717, 1.165) is 22.2 Å². The number of imide groups is 1. The van der Waals surface area contributed by atoms with Crippen molar-refractivity contribution in [1.29, 1.82) is 0 Å². The molecule has 1 N–H and O–H groups in total. The fraction of sp³-hybridized carbons (Fsp3) is 0.333. The highest BCUT2D eigenvalue weighted by atomic mass is 32.2. The number of hydrogen-bond donors (Lipinski definition) is 1. The second-order valence-electron chi connectivity index (χ2n) is 6.98. The maximum absolute atomic E-state index is 12.8. The van der Waals surface area contributed by atoms with Crippen LogP contribution in [-0.2, 0) is 4.79 Å². The summed E-state index contributed by atoms with van der Waals surface area (Å²) < 4.78 is 16.9. The number of amides is 3. The van der Waals surface area contributed by atoms with Crippen LogP contribution in [0.3, 0.4) is 0 Å². The van der Waals surface area contributed by atoms with Crippen LogP contribution in [0.15, 0.2) is 41.6 Å². The van der Waals surface area contributed by atoms with E-state index < -0.39 is 5.91 Å². The smallest absolute Gasteiger partial charge is 0.293 e. The third kappa shape index (κ3) is 6.07. The van der Waals surface area contributed by atoms with Crippen molar-refractivity contribution >= 4 is 34.9 Å². The van der Waals surface area contributed by atoms with E-state index in [4.69, 9.17) is 14.2 Å². The van der Waals surface area contributed by atoms with E-state index in [2.05, 4.69) is 10.3 Å². The molecule has 0 bridgehead atoms. The van der Waals surface area contributed by atoms with Crippen molar-refractivity contribution in [3.05, 3.63) is 52.7 Å². The van der Waals surface area contributed by atoms with E-state index in [9.17, 15) is 14.4 Å². The lowest BCUT2D eigenvalue weighted by molar-refractivity contribution is -0.122. The quantitative estimate of drug-likeness (QED) is 0.480. The number of benzene rings is 1. The number of carbonyl (C=O) groups excluding carboxylic acids is 3. The Balaban J connectivity index is 1.67. The molecule has 1 aromatic carbocycles. The highest BCUT2D eigenvalue weighted by molar-refractivity contribution is 8.18. The Kier molecular flexibility index (Phi) is 8.92. The molecular weight excluding hydrogens is 458 g/mol. The van der Waals surface area contributed by atoms with E-state index in [-0.39, 0.29) is 24.2 Å². The minimum absolute atomic E-state index is 0.0500. The third-order valence-electron chi connectivity index (χ3n) is 4.65. The molecule has 0 atom stereocenters. The highest BCUT2D eigenvalue weighted by Crippen LogP contribution is 2.39. The minimum Gasteiger partial charge on any atom is -0.490 e. The van der Waals surface area contributed by atoms with E-state index >= 15 is 0 Å². The van der Waals surface area contributed by atoms with Crippen molar-refractivity contribution < 1.29 is 28.6 Å². The summed E-state index contributed by atoms with van der Waals surface area (Å²) in [4.78, 5) is 43.2. The lowest BCUT2D eigenvalue weighted by atomic mass is 10.1. The molecule has 2 heterocycles. The van der Waals surface area contributed by atoms with Gasteiger partial charge in [0.15, 0.2) is 11.5 Å². The van der Waals surface area contributed by atoms with Crippen molar-refractivity contribution in [2.24, 2.45) is 0 Å². The zero-order chi connectivity index (χ0) is 24.5. The third-order valence-corrected chi connectivity index (χ3v) is 5.56. The molecule has 3 amide bonds. The summed E-state index contributed by atoms with van der Waals surface area (Å²) in [6, 6.07) is 6.72. The topological polar surface area (TPSA) is 107 Å². The van der Waals surface area contributed by atoms with Gasteiger partial charge in [-0.2, -0.15) is 0 Å². The predicted molar refractivity (Wildman–Crippen MR) is 129 cm³/mol. The number of nitrogens with zero attached hydrogens (tertiary/aromatic N) is 2. The summed E-state index contributed by atoms with van der Waals surface area (Å²) in [6.07, 6.45) is 4.86. The van der Waals surface area contributed by atoms with Crippen LogP contribution in [0.25, 0.3) is 6.08 Å². The van der Waals surface area contributed by atoms with Gasteiger partial charge >= 0.3 is 0 Å². The fourth-order valence-electron chi connectivity index (χ4n) is 3.21. The van der Waals surface area contributed by atoms with E-state index in [1.165, 1.54) is 0 Å². The second kappa shape index (κ2) is 12.1. The van der Waals surface area contributed by atoms with Crippen molar-refractivity contribution in [1.82, 2.24) is 15.2 Å². The molecule has 10 heteroatoms. The number of rotatable bonds is 11. The fourth-order valence-corrected chi connectivity index (χ4v) is 4.07. The van der Waals surface area contributed by atoms with Gasteiger partial charge in [-0.05, 0) is 62.4 Å². The first-order valence-corrected chi connectivity index (χ1v) is 11.8. The van der Waals surface area contributed by atoms with Crippen LogP contribution >= 0.6 is 11.8 Å². The van der Waals surface area contributed by atoms with Gasteiger partial charge in [0, 0.05) is 31.0 Å². The number of aromatic nitrogens is 1. The van der Waals surface area contributed by atoms with Gasteiger partial charge in [0.25, 0.3) is 17.1 Å². The molecule has 0 saturated carbocycles. The molecule has 3 rings (SSSR count). The monoisotopic (exact) mass is 485 g/mol. The van der Waals surface area contributed by atoms with E-state index in [1.54, 1.807) is 42.7 Å². The van der Waals surface area contributed by atoms with Crippen LogP contribution in [0, 0.1) is 0 Å². The van der Waals surface area contributed by atoms with Gasteiger partial charge in [-0.15, -0.1) is 0 Å². The zero-order valence-corrected chi connectivity index (χ0v) is 20.1. The summed E-state index contributed by atoms with van der Waals surface area (Å²) in [5, 5.41) is 2.36. The summed E-state index contributed by atoms with van der Waals surface area (Å²) in [5.74, 6) is 0.481. The number of ether oxygens (including phenoxy) is 3. The highest BCUT2D eigenvalue weighted by Gasteiger charge is 2.34. The number of pyridine rings is 1. The largest absolute Gasteiger partial charge is 0.490 e. The molecular formula is C24H27N3O6S. The van der Waals surface area contributed by atoms with Crippen LogP contribution in [0.4, 0.5) is 4.79 Å². The van der Waals surface area contributed by atoms with Gasteiger partial charge in [0.2, 0.25) is 5.75 Å². The average molecular weight is 486 g/mol. The molecule has 34 heavy (non-hydrogen) atoms. The van der Waals surface area contributed by atoms with Gasteiger partial charge < -0.3 is 19.5 Å². The lowest BCUT2D eigenvalue weighted by Gasteiger charge is -2.17. The Morgan fingerprint density at radius 3 is 2.35 bits per heavy atom. The Bertz CT molecular complexity index is 1050. The van der Waals surface area contributed by atoms with Crippen molar-refractivity contribution in [2.75, 3.05) is 32.9 Å². The zero-order valence-electron chi connectivity index (χ0n) is 19.3. The minimum atomic E-state index is -0.397. The Hall–Kier alpha value is -3.53. The summed E-state index contributed by atoms with van der Waals surface area (Å²) in [5.41, 5.74) is 1.05. The molecule has 1 aromatic heterocycles. The standard InChI is InChI=1S/C24H27N3O6S/c1-4-31-18-13-17(14-19(32-5-2)21(18)33-6-3)22(28)26-10-11-27-23(29)20(34-24(27)30)12-16-8-7-9-25-15-16/h7-9,12-15H,4-6,10-11H2,1-3H3,(H,26,28)/b20-12+. The van der Waals surface area contributed by atoms with Crippen LogP contribution in [0.5, 0.6) is 17.2 Å². The first-order valence-electron chi connectivity index (χ1n) is 11.0. The number of carbonyl (C=O) groups is 3. The molecule has 0 spiro atoms. The normalized spacial score (nSPS) is 14.4. The van der Waals surface area contributed by atoms with E-state index in [0.29, 0.717) is 47.5 Å². The van der Waals surface area contributed by atoms with Crippen LogP contribution in [0.1, 0.15) is 36.7 Å². The van der Waals surface area contributed by atoms with Crippen molar-refractivity contribution in [2.45, 2.75) is 20.8 Å². The molecule has 0 radical (unpaired) electrons. The van der Waals surface area contributed by atoms with Crippen LogP contribution in [-0.4, -0.2) is 59.8 Å². The van der Waals surface area contributed by atoms with Crippen LogP contribution < -0.4 is 19.5 Å². The molecule has 9 nitrogen and oxygen atoms in total. The maximum atomic E-state index is 12.8.